The second kappa shape index (κ2) is 8.21. The maximum absolute atomic E-state index is 12.0. The van der Waals surface area contributed by atoms with Gasteiger partial charge < -0.3 is 14.2 Å². The zero-order valence-electron chi connectivity index (χ0n) is 13.5. The minimum absolute atomic E-state index is 0.348. The molecule has 24 heavy (non-hydrogen) atoms. The van der Waals surface area contributed by atoms with Crippen LogP contribution in [0.5, 0.6) is 17.2 Å². The van der Waals surface area contributed by atoms with E-state index < -0.39 is 5.91 Å². The van der Waals surface area contributed by atoms with Crippen molar-refractivity contribution in [1.29, 1.82) is 0 Å². The van der Waals surface area contributed by atoms with E-state index in [0.717, 1.165) is 0 Å². The summed E-state index contributed by atoms with van der Waals surface area (Å²) >= 11 is 5.97. The summed E-state index contributed by atoms with van der Waals surface area (Å²) in [7, 11) is 4.58. The Labute approximate surface area is 145 Å². The van der Waals surface area contributed by atoms with Crippen LogP contribution < -0.4 is 19.6 Å². The van der Waals surface area contributed by atoms with E-state index >= 15 is 0 Å². The number of nitrogens with zero attached hydrogens (tertiary/aromatic N) is 1. The molecular weight excluding hydrogens is 332 g/mol. The number of hydrogen-bond donors (Lipinski definition) is 1. The van der Waals surface area contributed by atoms with Crippen molar-refractivity contribution in [3.05, 3.63) is 52.5 Å². The van der Waals surface area contributed by atoms with Crippen LogP contribution in [0, 0.1) is 0 Å². The fourth-order valence-corrected chi connectivity index (χ4v) is 2.27. The lowest BCUT2D eigenvalue weighted by Gasteiger charge is -2.12. The summed E-state index contributed by atoms with van der Waals surface area (Å²) in [4.78, 5) is 12.0. The van der Waals surface area contributed by atoms with Gasteiger partial charge in [-0.1, -0.05) is 23.7 Å². The van der Waals surface area contributed by atoms with Gasteiger partial charge in [0.2, 0.25) is 5.75 Å². The van der Waals surface area contributed by atoms with Gasteiger partial charge in [-0.05, 0) is 24.3 Å². The molecule has 0 bridgehead atoms. The standard InChI is InChI=1S/C17H17ClN2O4/c1-22-14-8-11(9-15(23-2)16(14)24-3)10-19-20-17(21)12-6-4-5-7-13(12)18/h4-10H,1-3H3,(H,20,21). The van der Waals surface area contributed by atoms with Gasteiger partial charge in [-0.2, -0.15) is 5.10 Å². The van der Waals surface area contributed by atoms with E-state index in [9.17, 15) is 4.79 Å². The molecule has 0 unspecified atom stereocenters. The molecule has 0 radical (unpaired) electrons. The number of hydrazone groups is 1. The molecule has 0 aromatic heterocycles. The van der Waals surface area contributed by atoms with E-state index in [0.29, 0.717) is 33.4 Å². The topological polar surface area (TPSA) is 69.2 Å². The van der Waals surface area contributed by atoms with Crippen LogP contribution in [0.2, 0.25) is 5.02 Å². The highest BCUT2D eigenvalue weighted by atomic mass is 35.5. The van der Waals surface area contributed by atoms with Gasteiger partial charge in [0, 0.05) is 5.56 Å². The highest BCUT2D eigenvalue weighted by Gasteiger charge is 2.12. The third-order valence-corrected chi connectivity index (χ3v) is 3.51. The molecule has 0 saturated carbocycles. The molecule has 1 amide bonds. The van der Waals surface area contributed by atoms with Crippen molar-refractivity contribution < 1.29 is 19.0 Å². The summed E-state index contributed by atoms with van der Waals surface area (Å²) in [5, 5.41) is 4.29. The number of ether oxygens (including phenoxy) is 3. The van der Waals surface area contributed by atoms with E-state index in [1.807, 2.05) is 0 Å². The SMILES string of the molecule is COc1cc(C=NNC(=O)c2ccccc2Cl)cc(OC)c1OC. The van der Waals surface area contributed by atoms with Gasteiger partial charge in [0.25, 0.3) is 5.91 Å². The first kappa shape index (κ1) is 17.6. The first-order valence-electron chi connectivity index (χ1n) is 6.98. The monoisotopic (exact) mass is 348 g/mol. The first-order chi connectivity index (χ1) is 11.6. The van der Waals surface area contributed by atoms with Crippen molar-refractivity contribution in [3.8, 4) is 17.2 Å². The van der Waals surface area contributed by atoms with Crippen molar-refractivity contribution >= 4 is 23.7 Å². The molecule has 0 heterocycles. The maximum atomic E-state index is 12.0. The van der Waals surface area contributed by atoms with E-state index in [1.165, 1.54) is 27.5 Å². The lowest BCUT2D eigenvalue weighted by molar-refractivity contribution is 0.0955. The molecule has 0 aliphatic carbocycles. The Hall–Kier alpha value is -2.73. The lowest BCUT2D eigenvalue weighted by atomic mass is 10.2. The number of hydrogen-bond acceptors (Lipinski definition) is 5. The first-order valence-corrected chi connectivity index (χ1v) is 7.36. The second-order valence-corrected chi connectivity index (χ2v) is 5.04. The van der Waals surface area contributed by atoms with Crippen molar-refractivity contribution in [1.82, 2.24) is 5.43 Å². The molecule has 0 spiro atoms. The number of rotatable bonds is 6. The second-order valence-electron chi connectivity index (χ2n) is 4.64. The van der Waals surface area contributed by atoms with Crippen LogP contribution in [0.3, 0.4) is 0 Å². The molecule has 2 rings (SSSR count). The van der Waals surface area contributed by atoms with Crippen LogP contribution in [0.15, 0.2) is 41.5 Å². The predicted octanol–water partition coefficient (Wildman–Crippen LogP) is 3.13. The number of carbonyl (C=O) groups is 1. The van der Waals surface area contributed by atoms with Gasteiger partial charge in [0.15, 0.2) is 11.5 Å². The molecule has 6 nitrogen and oxygen atoms in total. The number of carbonyl (C=O) groups excluding carboxylic acids is 1. The average Bonchev–Trinajstić information content (AvgIpc) is 2.60. The Morgan fingerprint density at radius 3 is 2.25 bits per heavy atom. The van der Waals surface area contributed by atoms with Crippen molar-refractivity contribution in [2.75, 3.05) is 21.3 Å². The van der Waals surface area contributed by atoms with Gasteiger partial charge in [-0.25, -0.2) is 5.43 Å². The van der Waals surface area contributed by atoms with Gasteiger partial charge in [-0.3, -0.25) is 4.79 Å². The lowest BCUT2D eigenvalue weighted by Crippen LogP contribution is -2.17. The maximum Gasteiger partial charge on any atom is 0.272 e. The zero-order valence-corrected chi connectivity index (χ0v) is 14.3. The predicted molar refractivity (Wildman–Crippen MR) is 92.6 cm³/mol. The summed E-state index contributed by atoms with van der Waals surface area (Å²) < 4.78 is 15.8. The van der Waals surface area contributed by atoms with Crippen LogP contribution in [-0.2, 0) is 0 Å². The Kier molecular flexibility index (Phi) is 6.03. The van der Waals surface area contributed by atoms with Gasteiger partial charge in [-0.15, -0.1) is 0 Å². The van der Waals surface area contributed by atoms with Crippen LogP contribution in [0.25, 0.3) is 0 Å². The molecule has 1 N–H and O–H groups in total. The van der Waals surface area contributed by atoms with Crippen molar-refractivity contribution in [3.63, 3.8) is 0 Å². The summed E-state index contributed by atoms with van der Waals surface area (Å²) in [5.74, 6) is 1.08. The van der Waals surface area contributed by atoms with Crippen LogP contribution in [0.4, 0.5) is 0 Å². The summed E-state index contributed by atoms with van der Waals surface area (Å²) in [5.41, 5.74) is 3.44. The number of methoxy groups -OCH3 is 3. The number of nitrogens with one attached hydrogen (secondary N) is 1. The van der Waals surface area contributed by atoms with Crippen LogP contribution in [-0.4, -0.2) is 33.5 Å². The fraction of sp³-hybridized carbons (Fsp3) is 0.176. The zero-order chi connectivity index (χ0) is 17.5. The Balaban J connectivity index is 2.17. The van der Waals surface area contributed by atoms with E-state index in [2.05, 4.69) is 10.5 Å². The Morgan fingerprint density at radius 2 is 1.71 bits per heavy atom. The van der Waals surface area contributed by atoms with Crippen LogP contribution >= 0.6 is 11.6 Å². The molecule has 7 heteroatoms. The third-order valence-electron chi connectivity index (χ3n) is 3.19. The molecule has 0 saturated heterocycles. The molecule has 0 atom stereocenters. The van der Waals surface area contributed by atoms with Gasteiger partial charge in [0.05, 0.1) is 38.1 Å². The summed E-state index contributed by atoms with van der Waals surface area (Å²) in [6.07, 6.45) is 1.47. The van der Waals surface area contributed by atoms with Crippen molar-refractivity contribution in [2.24, 2.45) is 5.10 Å². The largest absolute Gasteiger partial charge is 0.493 e. The quantitative estimate of drug-likeness (QED) is 0.643. The Morgan fingerprint density at radius 1 is 1.08 bits per heavy atom. The summed E-state index contributed by atoms with van der Waals surface area (Å²) in [6, 6.07) is 10.2. The van der Waals surface area contributed by atoms with E-state index in [-0.39, 0.29) is 0 Å². The normalized spacial score (nSPS) is 10.5. The number of benzene rings is 2. The molecule has 0 aliphatic heterocycles. The van der Waals surface area contributed by atoms with Gasteiger partial charge >= 0.3 is 0 Å². The third kappa shape index (κ3) is 3.97. The molecule has 2 aromatic rings. The molecule has 126 valence electrons. The van der Waals surface area contributed by atoms with Crippen molar-refractivity contribution in [2.45, 2.75) is 0 Å². The fourth-order valence-electron chi connectivity index (χ4n) is 2.05. The van der Waals surface area contributed by atoms with Crippen LogP contribution in [0.1, 0.15) is 15.9 Å². The Bertz CT molecular complexity index is 737. The smallest absolute Gasteiger partial charge is 0.272 e. The highest BCUT2D eigenvalue weighted by molar-refractivity contribution is 6.33. The number of amides is 1. The number of halogens is 1. The average molecular weight is 349 g/mol. The van der Waals surface area contributed by atoms with Gasteiger partial charge in [0.1, 0.15) is 0 Å². The molecular formula is C17H17ClN2O4. The minimum Gasteiger partial charge on any atom is -0.493 e. The minimum atomic E-state index is -0.399. The highest BCUT2D eigenvalue weighted by Crippen LogP contribution is 2.37. The molecule has 0 aliphatic rings. The van der Waals surface area contributed by atoms with E-state index in [4.69, 9.17) is 25.8 Å². The molecule has 0 fully saturated rings. The molecule has 2 aromatic carbocycles. The summed E-state index contributed by atoms with van der Waals surface area (Å²) in [6.45, 7) is 0. The van der Waals surface area contributed by atoms with E-state index in [1.54, 1.807) is 36.4 Å².